The second kappa shape index (κ2) is 6.50. The first kappa shape index (κ1) is 17.2. The van der Waals surface area contributed by atoms with Crippen molar-refractivity contribution in [1.29, 1.82) is 0 Å². The van der Waals surface area contributed by atoms with Gasteiger partial charge in [-0.3, -0.25) is 0 Å². The van der Waals surface area contributed by atoms with E-state index in [1.54, 1.807) is 23.1 Å². The van der Waals surface area contributed by atoms with Gasteiger partial charge in [-0.25, -0.2) is 9.59 Å². The molecule has 2 aromatic carbocycles. The number of nitrogens with one attached hydrogen (secondary N) is 1. The van der Waals surface area contributed by atoms with Gasteiger partial charge in [0.25, 0.3) is 5.79 Å². The number of nitrogens with zero attached hydrogens (tertiary/aromatic N) is 1. The third-order valence-corrected chi connectivity index (χ3v) is 4.81. The average molecular weight is 368 g/mol. The Morgan fingerprint density at radius 2 is 1.85 bits per heavy atom. The predicted octanol–water partition coefficient (Wildman–Crippen LogP) is 3.19. The molecule has 2 heterocycles. The zero-order chi connectivity index (χ0) is 19.0. The number of fused-ring (bicyclic) bond motifs is 1. The number of ether oxygens (including phenoxy) is 3. The number of para-hydroxylation sites is 2. The zero-order valence-corrected chi connectivity index (χ0v) is 15.2. The van der Waals surface area contributed by atoms with Crippen molar-refractivity contribution in [3.63, 3.8) is 0 Å². The molecule has 0 bridgehead atoms. The van der Waals surface area contributed by atoms with Crippen LogP contribution < -0.4 is 14.8 Å². The van der Waals surface area contributed by atoms with Crippen molar-refractivity contribution in [2.24, 2.45) is 0 Å². The molecule has 4 rings (SSSR count). The number of benzene rings is 2. The maximum Gasteiger partial charge on any atom is 0.337 e. The van der Waals surface area contributed by atoms with Gasteiger partial charge in [0.15, 0.2) is 11.5 Å². The molecule has 0 aliphatic carbocycles. The number of methoxy groups -OCH3 is 1. The number of amides is 2. The Hall–Kier alpha value is -3.22. The summed E-state index contributed by atoms with van der Waals surface area (Å²) in [6, 6.07) is 12.3. The molecule has 1 spiro atoms. The molecule has 0 aromatic heterocycles. The van der Waals surface area contributed by atoms with Gasteiger partial charge in [0.2, 0.25) is 0 Å². The first-order chi connectivity index (χ1) is 13.0. The molecule has 140 valence electrons. The summed E-state index contributed by atoms with van der Waals surface area (Å²) in [5, 5.41) is 2.89. The van der Waals surface area contributed by atoms with E-state index in [0.29, 0.717) is 42.3 Å². The Labute approximate surface area is 156 Å². The first-order valence-corrected chi connectivity index (χ1v) is 8.72. The third kappa shape index (κ3) is 3.16. The van der Waals surface area contributed by atoms with E-state index in [2.05, 4.69) is 5.32 Å². The lowest BCUT2D eigenvalue weighted by Gasteiger charge is -2.23. The number of esters is 1. The molecule has 1 N–H and O–H groups in total. The largest absolute Gasteiger partial charge is 0.465 e. The Morgan fingerprint density at radius 3 is 2.48 bits per heavy atom. The molecule has 0 saturated carbocycles. The molecule has 0 atom stereocenters. The van der Waals surface area contributed by atoms with Gasteiger partial charge in [-0.2, -0.15) is 0 Å². The number of rotatable bonds is 2. The van der Waals surface area contributed by atoms with Crippen LogP contribution in [0, 0.1) is 6.92 Å². The molecule has 2 aliphatic heterocycles. The number of anilines is 1. The van der Waals surface area contributed by atoms with Crippen LogP contribution in [0.5, 0.6) is 11.5 Å². The summed E-state index contributed by atoms with van der Waals surface area (Å²) in [5.41, 5.74) is 1.87. The van der Waals surface area contributed by atoms with E-state index in [1.807, 2.05) is 31.2 Å². The molecule has 2 amide bonds. The van der Waals surface area contributed by atoms with E-state index in [0.717, 1.165) is 5.56 Å². The lowest BCUT2D eigenvalue weighted by atomic mass is 10.1. The van der Waals surface area contributed by atoms with Gasteiger partial charge in [0.05, 0.1) is 19.2 Å². The van der Waals surface area contributed by atoms with Crippen LogP contribution in [-0.4, -0.2) is 42.9 Å². The summed E-state index contributed by atoms with van der Waals surface area (Å²) >= 11 is 0. The lowest BCUT2D eigenvalue weighted by Crippen LogP contribution is -2.43. The minimum atomic E-state index is -0.815. The van der Waals surface area contributed by atoms with Crippen molar-refractivity contribution in [2.45, 2.75) is 19.1 Å². The third-order valence-electron chi connectivity index (χ3n) is 4.81. The van der Waals surface area contributed by atoms with Crippen molar-refractivity contribution in [1.82, 2.24) is 4.90 Å². The second-order valence-corrected chi connectivity index (χ2v) is 6.68. The van der Waals surface area contributed by atoms with E-state index in [9.17, 15) is 9.59 Å². The molecule has 2 aliphatic rings. The maximum absolute atomic E-state index is 12.7. The van der Waals surface area contributed by atoms with Crippen LogP contribution in [0.15, 0.2) is 42.5 Å². The molecule has 27 heavy (non-hydrogen) atoms. The average Bonchev–Trinajstić information content (AvgIpc) is 3.25. The predicted molar refractivity (Wildman–Crippen MR) is 98.2 cm³/mol. The number of aryl methyl sites for hydroxylation is 1. The highest BCUT2D eigenvalue weighted by atomic mass is 16.7. The number of urea groups is 1. The summed E-state index contributed by atoms with van der Waals surface area (Å²) in [5.74, 6) is 0.181. The Balaban J connectivity index is 1.42. The number of hydrogen-bond acceptors (Lipinski definition) is 5. The summed E-state index contributed by atoms with van der Waals surface area (Å²) < 4.78 is 16.6. The van der Waals surface area contributed by atoms with Crippen LogP contribution in [0.1, 0.15) is 22.3 Å². The Morgan fingerprint density at radius 1 is 1.15 bits per heavy atom. The van der Waals surface area contributed by atoms with Crippen LogP contribution in [0.25, 0.3) is 0 Å². The zero-order valence-electron chi connectivity index (χ0n) is 15.2. The molecule has 0 radical (unpaired) electrons. The van der Waals surface area contributed by atoms with Gasteiger partial charge in [-0.1, -0.05) is 12.1 Å². The lowest BCUT2D eigenvalue weighted by molar-refractivity contribution is -0.0647. The highest BCUT2D eigenvalue weighted by Gasteiger charge is 2.48. The van der Waals surface area contributed by atoms with Crippen LogP contribution in [0.4, 0.5) is 10.5 Å². The SMILES string of the molecule is COC(=O)c1ccc(NC(=O)N2CCC3(C2)Oc2ccccc2O3)c(C)c1. The molecular formula is C20H20N2O5. The first-order valence-electron chi connectivity index (χ1n) is 8.72. The van der Waals surface area contributed by atoms with Crippen LogP contribution >= 0.6 is 0 Å². The molecule has 0 unspecified atom stereocenters. The second-order valence-electron chi connectivity index (χ2n) is 6.68. The highest BCUT2D eigenvalue weighted by Crippen LogP contribution is 2.42. The minimum absolute atomic E-state index is 0.232. The number of carbonyl (C=O) groups is 2. The summed E-state index contributed by atoms with van der Waals surface area (Å²) in [6.45, 7) is 2.69. The normalized spacial score (nSPS) is 16.4. The molecule has 1 saturated heterocycles. The van der Waals surface area contributed by atoms with Crippen molar-refractivity contribution in [2.75, 3.05) is 25.5 Å². The van der Waals surface area contributed by atoms with E-state index < -0.39 is 11.8 Å². The van der Waals surface area contributed by atoms with Crippen LogP contribution in [-0.2, 0) is 4.74 Å². The molecule has 1 fully saturated rings. The van der Waals surface area contributed by atoms with Gasteiger partial charge in [-0.05, 0) is 42.8 Å². The fourth-order valence-electron chi connectivity index (χ4n) is 3.38. The Bertz CT molecular complexity index is 886. The standard InChI is InChI=1S/C20H20N2O5/c1-13-11-14(18(23)25-2)7-8-15(13)21-19(24)22-10-9-20(12-22)26-16-5-3-4-6-17(16)27-20/h3-8,11H,9-10,12H2,1-2H3,(H,21,24). The van der Waals surface area contributed by atoms with Crippen molar-refractivity contribution in [3.8, 4) is 11.5 Å². The van der Waals surface area contributed by atoms with Crippen LogP contribution in [0.2, 0.25) is 0 Å². The molecule has 7 heteroatoms. The number of carbonyl (C=O) groups excluding carboxylic acids is 2. The van der Waals surface area contributed by atoms with Gasteiger partial charge < -0.3 is 24.4 Å². The smallest absolute Gasteiger partial charge is 0.337 e. The monoisotopic (exact) mass is 368 g/mol. The topological polar surface area (TPSA) is 77.1 Å². The van der Waals surface area contributed by atoms with Crippen LogP contribution in [0.3, 0.4) is 0 Å². The van der Waals surface area contributed by atoms with Gasteiger partial charge in [0, 0.05) is 18.7 Å². The van der Waals surface area contributed by atoms with Crippen molar-refractivity contribution in [3.05, 3.63) is 53.6 Å². The summed E-state index contributed by atoms with van der Waals surface area (Å²) in [7, 11) is 1.34. The quantitative estimate of drug-likeness (QED) is 0.824. The van der Waals surface area contributed by atoms with Crippen molar-refractivity contribution < 1.29 is 23.8 Å². The summed E-state index contributed by atoms with van der Waals surface area (Å²) in [4.78, 5) is 25.9. The van der Waals surface area contributed by atoms with Crippen molar-refractivity contribution >= 4 is 17.7 Å². The van der Waals surface area contributed by atoms with E-state index >= 15 is 0 Å². The highest BCUT2D eigenvalue weighted by molar-refractivity contribution is 5.93. The van der Waals surface area contributed by atoms with E-state index in [4.69, 9.17) is 14.2 Å². The van der Waals surface area contributed by atoms with Gasteiger partial charge in [-0.15, -0.1) is 0 Å². The molecule has 2 aromatic rings. The van der Waals surface area contributed by atoms with E-state index in [-0.39, 0.29) is 6.03 Å². The summed E-state index contributed by atoms with van der Waals surface area (Å²) in [6.07, 6.45) is 0.593. The number of hydrogen-bond donors (Lipinski definition) is 1. The fourth-order valence-corrected chi connectivity index (χ4v) is 3.38. The minimum Gasteiger partial charge on any atom is -0.465 e. The maximum atomic E-state index is 12.7. The molecule has 7 nitrogen and oxygen atoms in total. The van der Waals surface area contributed by atoms with Gasteiger partial charge >= 0.3 is 12.0 Å². The number of likely N-dealkylation sites (tertiary alicyclic amines) is 1. The van der Waals surface area contributed by atoms with E-state index in [1.165, 1.54) is 7.11 Å². The fraction of sp³-hybridized carbons (Fsp3) is 0.300. The molecular weight excluding hydrogens is 348 g/mol. The van der Waals surface area contributed by atoms with Gasteiger partial charge in [0.1, 0.15) is 0 Å². The Kier molecular flexibility index (Phi) is 4.14.